The Kier molecular flexibility index (Phi) is 8.26. The smallest absolute Gasteiger partial charge is 0.326 e. The Bertz CT molecular complexity index is 1210. The normalized spacial score (nSPS) is 23.2. The summed E-state index contributed by atoms with van der Waals surface area (Å²) >= 11 is 0. The van der Waals surface area contributed by atoms with E-state index in [1.165, 1.54) is 4.90 Å². The van der Waals surface area contributed by atoms with Gasteiger partial charge in [-0.05, 0) is 55.3 Å². The van der Waals surface area contributed by atoms with Gasteiger partial charge in [0.15, 0.2) is 0 Å². The van der Waals surface area contributed by atoms with Gasteiger partial charge in [-0.3, -0.25) is 14.4 Å². The van der Waals surface area contributed by atoms with Gasteiger partial charge in [-0.25, -0.2) is 4.79 Å². The van der Waals surface area contributed by atoms with Crippen molar-refractivity contribution in [3.8, 4) is 0 Å². The Morgan fingerprint density at radius 2 is 1.67 bits per heavy atom. The van der Waals surface area contributed by atoms with Crippen LogP contribution in [0.5, 0.6) is 0 Å². The summed E-state index contributed by atoms with van der Waals surface area (Å²) in [5.41, 5.74) is 2.84. The number of fused-ring (bicyclic) bond motifs is 1. The van der Waals surface area contributed by atoms with Crippen molar-refractivity contribution in [2.45, 2.75) is 75.7 Å². The van der Waals surface area contributed by atoms with Gasteiger partial charge in [0.2, 0.25) is 17.7 Å². The van der Waals surface area contributed by atoms with Crippen LogP contribution in [-0.4, -0.2) is 75.9 Å². The molecule has 2 saturated heterocycles. The zero-order chi connectivity index (χ0) is 27.4. The molecule has 206 valence electrons. The van der Waals surface area contributed by atoms with Crippen LogP contribution in [0.15, 0.2) is 54.6 Å². The summed E-state index contributed by atoms with van der Waals surface area (Å²) in [5, 5.41) is 16.2. The SMILES string of the molecule is O=C(O)[C@@H]1Cc2ccccc2CN1C(=O)C[C@H](Cc1ccccc1)NC(=O)[C@@H]1CCCN1C(=O)[C@@H]1CCCN1. The molecule has 2 aromatic carbocycles. The van der Waals surface area contributed by atoms with E-state index in [2.05, 4.69) is 10.6 Å². The van der Waals surface area contributed by atoms with E-state index in [1.807, 2.05) is 54.6 Å². The second kappa shape index (κ2) is 12.0. The average molecular weight is 533 g/mol. The molecule has 9 nitrogen and oxygen atoms in total. The van der Waals surface area contributed by atoms with Crippen molar-refractivity contribution in [2.24, 2.45) is 0 Å². The second-order valence-corrected chi connectivity index (χ2v) is 10.8. The molecule has 2 fully saturated rings. The molecule has 0 unspecified atom stereocenters. The van der Waals surface area contributed by atoms with Crippen LogP contribution in [0.2, 0.25) is 0 Å². The predicted octanol–water partition coefficient (Wildman–Crippen LogP) is 1.89. The van der Waals surface area contributed by atoms with Crippen molar-refractivity contribution in [1.29, 1.82) is 0 Å². The summed E-state index contributed by atoms with van der Waals surface area (Å²) in [4.78, 5) is 55.4. The van der Waals surface area contributed by atoms with E-state index in [9.17, 15) is 24.3 Å². The molecule has 3 heterocycles. The first-order chi connectivity index (χ1) is 18.9. The Morgan fingerprint density at radius 3 is 2.38 bits per heavy atom. The summed E-state index contributed by atoms with van der Waals surface area (Å²) in [6, 6.07) is 14.9. The van der Waals surface area contributed by atoms with Crippen LogP contribution in [0.1, 0.15) is 48.8 Å². The molecule has 3 aliphatic rings. The monoisotopic (exact) mass is 532 g/mol. The molecule has 4 atom stereocenters. The van der Waals surface area contributed by atoms with E-state index in [0.717, 1.165) is 42.5 Å². The van der Waals surface area contributed by atoms with Gasteiger partial charge in [0, 0.05) is 32.0 Å². The first-order valence-corrected chi connectivity index (χ1v) is 13.9. The highest BCUT2D eigenvalue weighted by atomic mass is 16.4. The largest absolute Gasteiger partial charge is 0.480 e. The van der Waals surface area contributed by atoms with Crippen molar-refractivity contribution in [3.63, 3.8) is 0 Å². The molecule has 0 aromatic heterocycles. The Balaban J connectivity index is 1.32. The fourth-order valence-electron chi connectivity index (χ4n) is 6.10. The summed E-state index contributed by atoms with van der Waals surface area (Å²) < 4.78 is 0. The number of carboxylic acids is 1. The number of likely N-dealkylation sites (tertiary alicyclic amines) is 1. The van der Waals surface area contributed by atoms with Crippen LogP contribution in [0, 0.1) is 0 Å². The fourth-order valence-corrected chi connectivity index (χ4v) is 6.10. The molecule has 0 spiro atoms. The highest BCUT2D eigenvalue weighted by Crippen LogP contribution is 2.25. The average Bonchev–Trinajstić information content (AvgIpc) is 3.65. The molecular formula is C30H36N4O5. The van der Waals surface area contributed by atoms with E-state index in [-0.39, 0.29) is 43.1 Å². The van der Waals surface area contributed by atoms with Crippen LogP contribution in [-0.2, 0) is 38.6 Å². The summed E-state index contributed by atoms with van der Waals surface area (Å²) in [6.07, 6.45) is 3.70. The van der Waals surface area contributed by atoms with Gasteiger partial charge in [-0.2, -0.15) is 0 Å². The van der Waals surface area contributed by atoms with Crippen molar-refractivity contribution in [3.05, 3.63) is 71.3 Å². The predicted molar refractivity (Wildman–Crippen MR) is 145 cm³/mol. The maximum Gasteiger partial charge on any atom is 0.326 e. The van der Waals surface area contributed by atoms with Gasteiger partial charge in [0.05, 0.1) is 6.04 Å². The van der Waals surface area contributed by atoms with Crippen LogP contribution in [0.3, 0.4) is 0 Å². The summed E-state index contributed by atoms with van der Waals surface area (Å²) in [5.74, 6) is -1.64. The number of benzene rings is 2. The molecule has 9 heteroatoms. The maximum absolute atomic E-state index is 13.6. The highest BCUT2D eigenvalue weighted by molar-refractivity contribution is 5.91. The number of aliphatic carboxylic acids is 1. The van der Waals surface area contributed by atoms with Crippen molar-refractivity contribution < 1.29 is 24.3 Å². The number of rotatable bonds is 8. The molecule has 2 aromatic rings. The van der Waals surface area contributed by atoms with Gasteiger partial charge in [0.1, 0.15) is 12.1 Å². The molecule has 0 bridgehead atoms. The van der Waals surface area contributed by atoms with E-state index < -0.39 is 24.1 Å². The van der Waals surface area contributed by atoms with Crippen LogP contribution < -0.4 is 10.6 Å². The van der Waals surface area contributed by atoms with E-state index in [0.29, 0.717) is 19.4 Å². The number of nitrogens with one attached hydrogen (secondary N) is 2. The second-order valence-electron chi connectivity index (χ2n) is 10.8. The molecule has 3 amide bonds. The third-order valence-electron chi connectivity index (χ3n) is 8.14. The Hall–Kier alpha value is -3.72. The van der Waals surface area contributed by atoms with E-state index >= 15 is 0 Å². The topological polar surface area (TPSA) is 119 Å². The van der Waals surface area contributed by atoms with E-state index in [4.69, 9.17) is 0 Å². The molecule has 39 heavy (non-hydrogen) atoms. The lowest BCUT2D eigenvalue weighted by atomic mass is 9.93. The number of hydrogen-bond acceptors (Lipinski definition) is 5. The third kappa shape index (κ3) is 6.14. The van der Waals surface area contributed by atoms with Crippen LogP contribution >= 0.6 is 0 Å². The fraction of sp³-hybridized carbons (Fsp3) is 0.467. The zero-order valence-electron chi connectivity index (χ0n) is 22.1. The molecule has 0 saturated carbocycles. The van der Waals surface area contributed by atoms with E-state index in [1.54, 1.807) is 4.90 Å². The standard InChI is InChI=1S/C30H36N4O5/c35-27(34-19-22-11-5-4-10-21(22)17-26(34)30(38)39)18-23(16-20-8-2-1-3-9-20)32-28(36)25-13-7-15-33(25)29(37)24-12-6-14-31-24/h1-5,8-11,23-26,31H,6-7,12-19H2,(H,32,36)(H,38,39)/t23-,24-,25-,26-/m0/s1. The minimum absolute atomic E-state index is 0.0303. The summed E-state index contributed by atoms with van der Waals surface area (Å²) in [7, 11) is 0. The number of nitrogens with zero attached hydrogens (tertiary/aromatic N) is 2. The molecule has 5 rings (SSSR count). The zero-order valence-corrected chi connectivity index (χ0v) is 22.1. The minimum atomic E-state index is -1.04. The van der Waals surface area contributed by atoms with Gasteiger partial charge >= 0.3 is 5.97 Å². The first-order valence-electron chi connectivity index (χ1n) is 13.9. The van der Waals surface area contributed by atoms with Crippen molar-refractivity contribution in [2.75, 3.05) is 13.1 Å². The van der Waals surface area contributed by atoms with Crippen molar-refractivity contribution >= 4 is 23.7 Å². The number of carbonyl (C=O) groups is 4. The molecule has 3 N–H and O–H groups in total. The number of hydrogen-bond donors (Lipinski definition) is 3. The highest BCUT2D eigenvalue weighted by Gasteiger charge is 2.39. The molecule has 0 radical (unpaired) electrons. The van der Waals surface area contributed by atoms with Gasteiger partial charge in [0.25, 0.3) is 0 Å². The molecular weight excluding hydrogens is 496 g/mol. The van der Waals surface area contributed by atoms with Gasteiger partial charge in [-0.1, -0.05) is 54.6 Å². The lowest BCUT2D eigenvalue weighted by molar-refractivity contribution is -0.151. The minimum Gasteiger partial charge on any atom is -0.480 e. The maximum atomic E-state index is 13.6. The number of amides is 3. The third-order valence-corrected chi connectivity index (χ3v) is 8.14. The van der Waals surface area contributed by atoms with Crippen molar-refractivity contribution in [1.82, 2.24) is 20.4 Å². The Labute approximate surface area is 228 Å². The van der Waals surface area contributed by atoms with Crippen LogP contribution in [0.4, 0.5) is 0 Å². The quantitative estimate of drug-likeness (QED) is 0.478. The van der Waals surface area contributed by atoms with Gasteiger partial charge in [-0.15, -0.1) is 0 Å². The number of carboxylic acid groups (broad SMARTS) is 1. The lowest BCUT2D eigenvalue weighted by Crippen LogP contribution is -2.54. The van der Waals surface area contributed by atoms with Crippen LogP contribution in [0.25, 0.3) is 0 Å². The Morgan fingerprint density at radius 1 is 0.923 bits per heavy atom. The summed E-state index contributed by atoms with van der Waals surface area (Å²) in [6.45, 7) is 1.57. The number of carbonyl (C=O) groups excluding carboxylic acids is 3. The van der Waals surface area contributed by atoms with Gasteiger partial charge < -0.3 is 25.5 Å². The lowest BCUT2D eigenvalue weighted by Gasteiger charge is -2.35. The molecule has 0 aliphatic carbocycles. The first kappa shape index (κ1) is 26.9. The molecule has 3 aliphatic heterocycles.